The van der Waals surface area contributed by atoms with Crippen LogP contribution in [0.2, 0.25) is 0 Å². The smallest absolute Gasteiger partial charge is 0.126 e. The molecule has 0 atom stereocenters. The normalized spacial score (nSPS) is 14.8. The molecule has 0 saturated carbocycles. The molecule has 0 heterocycles. The largest absolute Gasteiger partial charge is 0.507 e. The molecule has 0 saturated heterocycles. The number of rotatable bonds is 4. The molecule has 1 nitrogen and oxygen atoms in total. The van der Waals surface area contributed by atoms with Crippen molar-refractivity contribution in [2.24, 2.45) is 0 Å². The van der Waals surface area contributed by atoms with Gasteiger partial charge in [-0.05, 0) is 30.1 Å². The van der Waals surface area contributed by atoms with Crippen LogP contribution in [0.15, 0.2) is 84.2 Å². The van der Waals surface area contributed by atoms with E-state index in [4.69, 9.17) is 0 Å². The second-order valence-corrected chi connectivity index (χ2v) is 4.44. The molecule has 0 bridgehead atoms. The maximum absolute atomic E-state index is 10.3. The van der Waals surface area contributed by atoms with Gasteiger partial charge in [0.2, 0.25) is 0 Å². The standard InChI is InChI=1S/C18H18O.2C2H6/c1-4-14(5-2)18(19)17-12-11-16(17)13(3)15-9-7-6-8-10-15;2*1-2/h4-11,19H,1,3,12H2,2H3;2*1-2H3/b14-5+,18-17-;;. The molecule has 1 aliphatic rings. The lowest BCUT2D eigenvalue weighted by Crippen LogP contribution is -2.06. The zero-order valence-corrected chi connectivity index (χ0v) is 15.2. The van der Waals surface area contributed by atoms with E-state index in [1.54, 1.807) is 6.08 Å². The Balaban J connectivity index is 0.00000112. The van der Waals surface area contributed by atoms with Gasteiger partial charge in [0.1, 0.15) is 5.76 Å². The van der Waals surface area contributed by atoms with Crippen LogP contribution >= 0.6 is 0 Å². The van der Waals surface area contributed by atoms with Gasteiger partial charge in [-0.15, -0.1) is 0 Å². The van der Waals surface area contributed by atoms with E-state index in [1.165, 1.54) is 0 Å². The lowest BCUT2D eigenvalue weighted by Gasteiger charge is -2.23. The molecular weight excluding hydrogens is 280 g/mol. The van der Waals surface area contributed by atoms with Gasteiger partial charge in [0.05, 0.1) is 0 Å². The maximum atomic E-state index is 10.3. The molecule has 1 aromatic rings. The van der Waals surface area contributed by atoms with Crippen LogP contribution in [0.1, 0.15) is 46.6 Å². The SMILES string of the molecule is C=CC(=C\C)/C(O)=C1\CC=C1C(=C)c1ccccc1.CC.CC. The van der Waals surface area contributed by atoms with E-state index in [2.05, 4.69) is 19.2 Å². The van der Waals surface area contributed by atoms with Gasteiger partial charge >= 0.3 is 0 Å². The Kier molecular flexibility index (Phi) is 10.2. The first-order chi connectivity index (χ1) is 11.2. The lowest BCUT2D eigenvalue weighted by atomic mass is 9.82. The van der Waals surface area contributed by atoms with Crippen LogP contribution in [-0.2, 0) is 0 Å². The molecule has 0 aromatic heterocycles. The first kappa shape index (κ1) is 20.7. The first-order valence-electron chi connectivity index (χ1n) is 8.35. The summed E-state index contributed by atoms with van der Waals surface area (Å²) in [4.78, 5) is 0. The van der Waals surface area contributed by atoms with Gasteiger partial charge in [-0.2, -0.15) is 0 Å². The molecule has 1 heteroatoms. The van der Waals surface area contributed by atoms with Crippen LogP contribution in [-0.4, -0.2) is 5.11 Å². The van der Waals surface area contributed by atoms with Crippen LogP contribution in [0.5, 0.6) is 0 Å². The summed E-state index contributed by atoms with van der Waals surface area (Å²) in [6.07, 6.45) is 6.40. The molecule has 23 heavy (non-hydrogen) atoms. The van der Waals surface area contributed by atoms with Crippen molar-refractivity contribution in [3.63, 3.8) is 0 Å². The Morgan fingerprint density at radius 1 is 1.09 bits per heavy atom. The van der Waals surface area contributed by atoms with E-state index in [0.717, 1.165) is 34.3 Å². The number of benzene rings is 1. The summed E-state index contributed by atoms with van der Waals surface area (Å²) in [5, 5.41) is 10.3. The van der Waals surface area contributed by atoms with Gasteiger partial charge in [-0.3, -0.25) is 0 Å². The van der Waals surface area contributed by atoms with Crippen LogP contribution in [0.25, 0.3) is 5.57 Å². The molecule has 0 aliphatic heterocycles. The monoisotopic (exact) mass is 310 g/mol. The average molecular weight is 310 g/mol. The van der Waals surface area contributed by atoms with Gasteiger partial charge < -0.3 is 5.11 Å². The summed E-state index contributed by atoms with van der Waals surface area (Å²) in [6, 6.07) is 10.0. The maximum Gasteiger partial charge on any atom is 0.126 e. The number of hydrogen-bond donors (Lipinski definition) is 1. The minimum Gasteiger partial charge on any atom is -0.507 e. The highest BCUT2D eigenvalue weighted by Gasteiger charge is 2.22. The summed E-state index contributed by atoms with van der Waals surface area (Å²) in [5.74, 6) is 0.312. The van der Waals surface area contributed by atoms with E-state index < -0.39 is 0 Å². The zero-order chi connectivity index (χ0) is 17.8. The summed E-state index contributed by atoms with van der Waals surface area (Å²) in [7, 11) is 0. The van der Waals surface area contributed by atoms with Gasteiger partial charge in [-0.25, -0.2) is 0 Å². The van der Waals surface area contributed by atoms with E-state index in [-0.39, 0.29) is 0 Å². The van der Waals surface area contributed by atoms with E-state index >= 15 is 0 Å². The van der Waals surface area contributed by atoms with Crippen molar-refractivity contribution in [3.05, 3.63) is 89.8 Å². The number of allylic oxidation sites excluding steroid dienone is 6. The highest BCUT2D eigenvalue weighted by atomic mass is 16.3. The number of hydrogen-bond acceptors (Lipinski definition) is 1. The molecule has 0 fully saturated rings. The Bertz CT molecular complexity index is 598. The lowest BCUT2D eigenvalue weighted by molar-refractivity contribution is 0.418. The Morgan fingerprint density at radius 2 is 1.65 bits per heavy atom. The number of aliphatic hydroxyl groups is 1. The molecular formula is C22H30O. The third kappa shape index (κ3) is 5.14. The molecule has 0 unspecified atom stereocenters. The van der Waals surface area contributed by atoms with Crippen molar-refractivity contribution >= 4 is 5.57 Å². The van der Waals surface area contributed by atoms with Gasteiger partial charge in [0.25, 0.3) is 0 Å². The minimum atomic E-state index is 0.312. The van der Waals surface area contributed by atoms with Gasteiger partial charge in [0.15, 0.2) is 0 Å². The second-order valence-electron chi connectivity index (χ2n) is 4.44. The molecule has 2 rings (SSSR count). The van der Waals surface area contributed by atoms with Crippen LogP contribution in [0, 0.1) is 0 Å². The van der Waals surface area contributed by atoms with Crippen LogP contribution in [0.4, 0.5) is 0 Å². The van der Waals surface area contributed by atoms with Gasteiger partial charge in [0, 0.05) is 11.1 Å². The molecule has 1 aromatic carbocycles. The zero-order valence-electron chi connectivity index (χ0n) is 15.2. The second kappa shape index (κ2) is 11.3. The summed E-state index contributed by atoms with van der Waals surface area (Å²) < 4.78 is 0. The van der Waals surface area contributed by atoms with Crippen LogP contribution < -0.4 is 0 Å². The van der Waals surface area contributed by atoms with Crippen molar-refractivity contribution in [1.29, 1.82) is 0 Å². The minimum absolute atomic E-state index is 0.312. The van der Waals surface area contributed by atoms with E-state index in [0.29, 0.717) is 5.76 Å². The van der Waals surface area contributed by atoms with Crippen molar-refractivity contribution in [3.8, 4) is 0 Å². The Labute approximate surface area is 142 Å². The molecule has 0 amide bonds. The summed E-state index contributed by atoms with van der Waals surface area (Å²) in [6.45, 7) is 17.7. The van der Waals surface area contributed by atoms with Crippen molar-refractivity contribution in [2.75, 3.05) is 0 Å². The molecule has 0 radical (unpaired) electrons. The highest BCUT2D eigenvalue weighted by Crippen LogP contribution is 2.39. The van der Waals surface area contributed by atoms with E-state index in [1.807, 2.05) is 71.0 Å². The van der Waals surface area contributed by atoms with Gasteiger partial charge in [-0.1, -0.05) is 89.4 Å². The fourth-order valence-electron chi connectivity index (χ4n) is 2.16. The van der Waals surface area contributed by atoms with Crippen LogP contribution in [0.3, 0.4) is 0 Å². The molecule has 124 valence electrons. The fraction of sp³-hybridized carbons (Fsp3) is 0.273. The number of aliphatic hydroxyl groups excluding tert-OH is 1. The Hall–Kier alpha value is -2.28. The summed E-state index contributed by atoms with van der Waals surface area (Å²) >= 11 is 0. The highest BCUT2D eigenvalue weighted by molar-refractivity contribution is 5.85. The third-order valence-electron chi connectivity index (χ3n) is 3.37. The quantitative estimate of drug-likeness (QED) is 0.467. The predicted molar refractivity (Wildman–Crippen MR) is 104 cm³/mol. The van der Waals surface area contributed by atoms with Crippen molar-refractivity contribution in [2.45, 2.75) is 41.0 Å². The topological polar surface area (TPSA) is 20.2 Å². The molecule has 0 spiro atoms. The van der Waals surface area contributed by atoms with Crippen molar-refractivity contribution in [1.82, 2.24) is 0 Å². The van der Waals surface area contributed by atoms with E-state index in [9.17, 15) is 5.11 Å². The third-order valence-corrected chi connectivity index (χ3v) is 3.37. The first-order valence-corrected chi connectivity index (χ1v) is 8.35. The fourth-order valence-corrected chi connectivity index (χ4v) is 2.16. The average Bonchev–Trinajstić information content (AvgIpc) is 2.59. The summed E-state index contributed by atoms with van der Waals surface area (Å²) in [5.41, 5.74) is 4.78. The van der Waals surface area contributed by atoms with Crippen molar-refractivity contribution < 1.29 is 5.11 Å². The predicted octanol–water partition coefficient (Wildman–Crippen LogP) is 7.03. The molecule has 1 N–H and O–H groups in total. The molecule has 1 aliphatic carbocycles. The Morgan fingerprint density at radius 3 is 2.04 bits per heavy atom.